The van der Waals surface area contributed by atoms with Crippen LogP contribution in [0.2, 0.25) is 0 Å². The highest BCUT2D eigenvalue weighted by atomic mass is 19.1. The first kappa shape index (κ1) is 11.9. The third kappa shape index (κ3) is 2.55. The molecule has 0 spiro atoms. The van der Waals surface area contributed by atoms with Crippen LogP contribution in [0.5, 0.6) is 11.5 Å². The van der Waals surface area contributed by atoms with Crippen LogP contribution in [-0.4, -0.2) is 17.3 Å². The van der Waals surface area contributed by atoms with Gasteiger partial charge in [0.2, 0.25) is 0 Å². The number of nitriles is 1. The monoisotopic (exact) mass is 249 g/mol. The highest BCUT2D eigenvalue weighted by Crippen LogP contribution is 2.28. The lowest BCUT2D eigenvalue weighted by atomic mass is 10.2. The summed E-state index contributed by atoms with van der Waals surface area (Å²) < 4.78 is 27.4. The van der Waals surface area contributed by atoms with E-state index >= 15 is 0 Å². The minimum absolute atomic E-state index is 0.0129. The standard InChI is InChI=1S/C11H8FN3O3/c1-16-9-4-7(5-13)2-3-8(9)17-6-10-14-15-11(12)18-10/h2-4H,6H2,1H3. The summed E-state index contributed by atoms with van der Waals surface area (Å²) in [5.41, 5.74) is 0.447. The zero-order valence-corrected chi connectivity index (χ0v) is 9.38. The molecule has 0 saturated carbocycles. The number of ether oxygens (including phenoxy) is 2. The topological polar surface area (TPSA) is 81.2 Å². The summed E-state index contributed by atoms with van der Waals surface area (Å²) in [5, 5.41) is 15.2. The molecule has 1 aromatic carbocycles. The van der Waals surface area contributed by atoms with Crippen molar-refractivity contribution in [1.29, 1.82) is 5.26 Å². The fourth-order valence-electron chi connectivity index (χ4n) is 1.29. The van der Waals surface area contributed by atoms with Gasteiger partial charge in [-0.1, -0.05) is 5.10 Å². The maximum Gasteiger partial charge on any atom is 0.402 e. The van der Waals surface area contributed by atoms with Crippen LogP contribution in [0.25, 0.3) is 0 Å². The quantitative estimate of drug-likeness (QED) is 0.819. The van der Waals surface area contributed by atoms with Gasteiger partial charge < -0.3 is 13.9 Å². The van der Waals surface area contributed by atoms with E-state index in [0.717, 1.165) is 0 Å². The van der Waals surface area contributed by atoms with Crippen molar-refractivity contribution in [3.8, 4) is 17.6 Å². The Kier molecular flexibility index (Phi) is 3.38. The Hall–Kier alpha value is -2.62. The fraction of sp³-hybridized carbons (Fsp3) is 0.182. The van der Waals surface area contributed by atoms with Crippen LogP contribution in [0.1, 0.15) is 11.5 Å². The van der Waals surface area contributed by atoms with Crippen LogP contribution >= 0.6 is 0 Å². The molecular weight excluding hydrogens is 241 g/mol. The number of halogens is 1. The number of nitrogens with zero attached hydrogens (tertiary/aromatic N) is 3. The van der Waals surface area contributed by atoms with Gasteiger partial charge in [0.25, 0.3) is 5.89 Å². The number of aromatic nitrogens is 2. The molecule has 2 aromatic rings. The molecule has 18 heavy (non-hydrogen) atoms. The lowest BCUT2D eigenvalue weighted by Gasteiger charge is -2.08. The molecule has 0 aliphatic heterocycles. The highest BCUT2D eigenvalue weighted by Gasteiger charge is 2.09. The summed E-state index contributed by atoms with van der Waals surface area (Å²) in [4.78, 5) is 0. The Morgan fingerprint density at radius 2 is 2.22 bits per heavy atom. The largest absolute Gasteiger partial charge is 0.493 e. The molecule has 1 heterocycles. The maximum absolute atomic E-state index is 12.4. The van der Waals surface area contributed by atoms with Crippen molar-refractivity contribution in [3.05, 3.63) is 35.8 Å². The van der Waals surface area contributed by atoms with Gasteiger partial charge in [-0.2, -0.15) is 5.26 Å². The van der Waals surface area contributed by atoms with Crippen molar-refractivity contribution in [3.63, 3.8) is 0 Å². The van der Waals surface area contributed by atoms with E-state index < -0.39 is 6.14 Å². The Morgan fingerprint density at radius 3 is 2.83 bits per heavy atom. The van der Waals surface area contributed by atoms with E-state index in [1.165, 1.54) is 13.2 Å². The molecule has 0 N–H and O–H groups in total. The summed E-state index contributed by atoms with van der Waals surface area (Å²) in [6, 6.07) is 6.66. The van der Waals surface area contributed by atoms with Gasteiger partial charge in [0.1, 0.15) is 0 Å². The molecule has 0 bridgehead atoms. The molecule has 0 saturated heterocycles. The van der Waals surface area contributed by atoms with Crippen molar-refractivity contribution in [2.45, 2.75) is 6.61 Å². The van der Waals surface area contributed by atoms with Crippen molar-refractivity contribution in [2.75, 3.05) is 7.11 Å². The second kappa shape index (κ2) is 5.14. The Balaban J connectivity index is 2.12. The smallest absolute Gasteiger partial charge is 0.402 e. The van der Waals surface area contributed by atoms with Gasteiger partial charge in [0.05, 0.1) is 18.7 Å². The van der Waals surface area contributed by atoms with Crippen molar-refractivity contribution >= 4 is 0 Å². The number of hydrogen-bond donors (Lipinski definition) is 0. The molecule has 0 aliphatic carbocycles. The zero-order chi connectivity index (χ0) is 13.0. The van der Waals surface area contributed by atoms with Crippen molar-refractivity contribution in [1.82, 2.24) is 10.2 Å². The van der Waals surface area contributed by atoms with Gasteiger partial charge in [-0.05, 0) is 12.1 Å². The SMILES string of the molecule is COc1cc(C#N)ccc1OCc1nnc(F)o1. The average Bonchev–Trinajstić information content (AvgIpc) is 2.82. The molecule has 0 aliphatic rings. The Bertz CT molecular complexity index is 591. The second-order valence-electron chi connectivity index (χ2n) is 3.21. The van der Waals surface area contributed by atoms with Crippen LogP contribution in [0.15, 0.2) is 22.6 Å². The molecular formula is C11H8FN3O3. The second-order valence-corrected chi connectivity index (χ2v) is 3.21. The first-order valence-electron chi connectivity index (χ1n) is 4.91. The van der Waals surface area contributed by atoms with Gasteiger partial charge in [-0.15, -0.1) is 9.49 Å². The fourth-order valence-corrected chi connectivity index (χ4v) is 1.29. The Morgan fingerprint density at radius 1 is 1.39 bits per heavy atom. The van der Waals surface area contributed by atoms with E-state index in [4.69, 9.17) is 14.7 Å². The molecule has 7 heteroatoms. The molecule has 0 radical (unpaired) electrons. The van der Waals surface area contributed by atoms with Crippen LogP contribution < -0.4 is 9.47 Å². The maximum atomic E-state index is 12.4. The first-order chi connectivity index (χ1) is 8.72. The van der Waals surface area contributed by atoms with Crippen LogP contribution in [0.3, 0.4) is 0 Å². The lowest BCUT2D eigenvalue weighted by Crippen LogP contribution is -1.98. The van der Waals surface area contributed by atoms with E-state index in [2.05, 4.69) is 14.6 Å². The number of methoxy groups -OCH3 is 1. The summed E-state index contributed by atoms with van der Waals surface area (Å²) in [6.07, 6.45) is -1.01. The molecule has 0 amide bonds. The van der Waals surface area contributed by atoms with E-state index in [1.54, 1.807) is 12.1 Å². The minimum Gasteiger partial charge on any atom is -0.493 e. The zero-order valence-electron chi connectivity index (χ0n) is 9.38. The van der Waals surface area contributed by atoms with Gasteiger partial charge in [0, 0.05) is 6.07 Å². The van der Waals surface area contributed by atoms with Crippen LogP contribution in [0.4, 0.5) is 4.39 Å². The summed E-state index contributed by atoms with van der Waals surface area (Å²) >= 11 is 0. The van der Waals surface area contributed by atoms with Crippen molar-refractivity contribution in [2.24, 2.45) is 0 Å². The van der Waals surface area contributed by atoms with Gasteiger partial charge >= 0.3 is 6.14 Å². The molecule has 0 atom stereocenters. The third-order valence-corrected chi connectivity index (χ3v) is 2.09. The Labute approximate surface area is 102 Å². The third-order valence-electron chi connectivity index (χ3n) is 2.09. The molecule has 0 fully saturated rings. The predicted molar refractivity (Wildman–Crippen MR) is 56.3 cm³/mol. The van der Waals surface area contributed by atoms with Crippen LogP contribution in [-0.2, 0) is 6.61 Å². The van der Waals surface area contributed by atoms with Gasteiger partial charge in [-0.3, -0.25) is 0 Å². The van der Waals surface area contributed by atoms with E-state index in [-0.39, 0.29) is 12.5 Å². The van der Waals surface area contributed by atoms with E-state index in [1.807, 2.05) is 6.07 Å². The predicted octanol–water partition coefficient (Wildman–Crippen LogP) is 1.67. The van der Waals surface area contributed by atoms with Gasteiger partial charge in [0.15, 0.2) is 18.1 Å². The van der Waals surface area contributed by atoms with Gasteiger partial charge in [-0.25, -0.2) is 0 Å². The highest BCUT2D eigenvalue weighted by molar-refractivity contribution is 5.46. The summed E-state index contributed by atoms with van der Waals surface area (Å²) in [7, 11) is 1.45. The first-order valence-corrected chi connectivity index (χ1v) is 4.91. The van der Waals surface area contributed by atoms with Crippen LogP contribution in [0, 0.1) is 17.5 Å². The normalized spacial score (nSPS) is 9.83. The molecule has 0 unspecified atom stereocenters. The molecule has 1 aromatic heterocycles. The molecule has 2 rings (SSSR count). The lowest BCUT2D eigenvalue weighted by molar-refractivity contribution is 0.228. The minimum atomic E-state index is -1.01. The number of rotatable bonds is 4. The van der Waals surface area contributed by atoms with Crippen molar-refractivity contribution < 1.29 is 18.3 Å². The summed E-state index contributed by atoms with van der Waals surface area (Å²) in [5.74, 6) is 0.808. The van der Waals surface area contributed by atoms with E-state index in [0.29, 0.717) is 17.1 Å². The average molecular weight is 249 g/mol. The number of hydrogen-bond acceptors (Lipinski definition) is 6. The summed E-state index contributed by atoms with van der Waals surface area (Å²) in [6.45, 7) is -0.0841. The molecule has 6 nitrogen and oxygen atoms in total. The van der Waals surface area contributed by atoms with E-state index in [9.17, 15) is 4.39 Å². The number of benzene rings is 1. The molecule has 92 valence electrons.